The fraction of sp³-hybridized carbons (Fsp3) is 0.400. The number of aliphatic carboxylic acids is 1. The molecule has 2 aromatic rings. The van der Waals surface area contributed by atoms with Gasteiger partial charge in [-0.25, -0.2) is 4.79 Å². The van der Waals surface area contributed by atoms with Crippen molar-refractivity contribution >= 4 is 18.0 Å². The molecule has 0 fully saturated rings. The lowest BCUT2D eigenvalue weighted by atomic mass is 9.98. The molecule has 0 saturated carbocycles. The predicted octanol–water partition coefficient (Wildman–Crippen LogP) is 2.78. The number of fused-ring (bicyclic) bond motifs is 3. The van der Waals surface area contributed by atoms with E-state index in [1.807, 2.05) is 55.4 Å². The summed E-state index contributed by atoms with van der Waals surface area (Å²) >= 11 is 0. The SMILES string of the molecule is CC[C@H](NC(=O)OCC1c2ccccc2-c2ccccc21)C(=O)N(CCN(C)C)CC(=O)O. The molecule has 8 nitrogen and oxygen atoms in total. The maximum Gasteiger partial charge on any atom is 0.407 e. The number of ether oxygens (including phenoxy) is 1. The number of hydrogen-bond donors (Lipinski definition) is 2. The summed E-state index contributed by atoms with van der Waals surface area (Å²) in [6.45, 7) is 2.25. The number of nitrogens with one attached hydrogen (secondary N) is 1. The van der Waals surface area contributed by atoms with Crippen LogP contribution in [0.2, 0.25) is 0 Å². The molecule has 0 radical (unpaired) electrons. The molecule has 3 rings (SSSR count). The number of alkyl carbamates (subject to hydrolysis) is 1. The number of carboxylic acids is 1. The van der Waals surface area contributed by atoms with E-state index < -0.39 is 30.6 Å². The Morgan fingerprint density at radius 3 is 2.09 bits per heavy atom. The molecular weight excluding hydrogens is 422 g/mol. The first-order valence-corrected chi connectivity index (χ1v) is 11.1. The van der Waals surface area contributed by atoms with Gasteiger partial charge in [-0.3, -0.25) is 9.59 Å². The van der Waals surface area contributed by atoms with E-state index >= 15 is 0 Å². The van der Waals surface area contributed by atoms with Gasteiger partial charge in [-0.05, 0) is 42.8 Å². The van der Waals surface area contributed by atoms with Gasteiger partial charge in [0.05, 0.1) is 0 Å². The van der Waals surface area contributed by atoms with Crippen molar-refractivity contribution in [3.63, 3.8) is 0 Å². The standard InChI is InChI=1S/C25H31N3O5/c1-4-22(24(31)28(15-23(29)30)14-13-27(2)3)26-25(32)33-16-21-19-11-7-5-9-17(19)18-10-6-8-12-20(18)21/h5-12,21-22H,4,13-16H2,1-3H3,(H,26,32)(H,29,30)/t22-/m0/s1. The van der Waals surface area contributed by atoms with Gasteiger partial charge in [-0.1, -0.05) is 55.5 Å². The summed E-state index contributed by atoms with van der Waals surface area (Å²) in [6.07, 6.45) is -0.374. The number of nitrogens with zero attached hydrogens (tertiary/aromatic N) is 2. The molecule has 8 heteroatoms. The van der Waals surface area contributed by atoms with Crippen molar-refractivity contribution in [1.29, 1.82) is 0 Å². The van der Waals surface area contributed by atoms with Gasteiger partial charge in [0.25, 0.3) is 0 Å². The lowest BCUT2D eigenvalue weighted by molar-refractivity contribution is -0.145. The van der Waals surface area contributed by atoms with Gasteiger partial charge < -0.3 is 25.0 Å². The summed E-state index contributed by atoms with van der Waals surface area (Å²) in [5, 5.41) is 11.8. The van der Waals surface area contributed by atoms with Crippen molar-refractivity contribution in [3.8, 4) is 11.1 Å². The number of likely N-dealkylation sites (N-methyl/N-ethyl adjacent to an activating group) is 1. The lowest BCUT2D eigenvalue weighted by Gasteiger charge is -2.27. The number of carbonyl (C=O) groups excluding carboxylic acids is 2. The first-order chi connectivity index (χ1) is 15.8. The molecule has 0 spiro atoms. The number of rotatable bonds is 10. The molecule has 2 amide bonds. The second-order valence-electron chi connectivity index (χ2n) is 8.39. The Balaban J connectivity index is 1.64. The van der Waals surface area contributed by atoms with E-state index in [0.717, 1.165) is 22.3 Å². The van der Waals surface area contributed by atoms with Crippen LogP contribution in [0.4, 0.5) is 4.79 Å². The topological polar surface area (TPSA) is 99.2 Å². The van der Waals surface area contributed by atoms with Crippen molar-refractivity contribution in [2.45, 2.75) is 25.3 Å². The van der Waals surface area contributed by atoms with Gasteiger partial charge >= 0.3 is 12.1 Å². The molecule has 0 aliphatic heterocycles. The summed E-state index contributed by atoms with van der Waals surface area (Å²) in [4.78, 5) is 39.8. The predicted molar refractivity (Wildman–Crippen MR) is 125 cm³/mol. The van der Waals surface area contributed by atoms with Crippen LogP contribution >= 0.6 is 0 Å². The van der Waals surface area contributed by atoms with Crippen LogP contribution in [0.1, 0.15) is 30.4 Å². The molecule has 0 heterocycles. The maximum atomic E-state index is 12.9. The number of amides is 2. The highest BCUT2D eigenvalue weighted by Gasteiger charge is 2.30. The van der Waals surface area contributed by atoms with E-state index in [4.69, 9.17) is 4.74 Å². The summed E-state index contributed by atoms with van der Waals surface area (Å²) in [5.41, 5.74) is 4.47. The number of hydrogen-bond acceptors (Lipinski definition) is 5. The monoisotopic (exact) mass is 453 g/mol. The van der Waals surface area contributed by atoms with Crippen LogP contribution in [0, 0.1) is 0 Å². The van der Waals surface area contributed by atoms with Crippen molar-refractivity contribution in [3.05, 3.63) is 59.7 Å². The minimum Gasteiger partial charge on any atom is -0.480 e. The molecule has 1 aliphatic rings. The molecule has 0 saturated heterocycles. The van der Waals surface area contributed by atoms with Gasteiger partial charge in [0, 0.05) is 19.0 Å². The van der Waals surface area contributed by atoms with Crippen LogP contribution in [0.3, 0.4) is 0 Å². The fourth-order valence-electron chi connectivity index (χ4n) is 4.09. The Bertz CT molecular complexity index is 962. The van der Waals surface area contributed by atoms with Crippen LogP contribution in [-0.4, -0.2) is 79.3 Å². The number of benzene rings is 2. The minimum absolute atomic E-state index is 0.0810. The van der Waals surface area contributed by atoms with Gasteiger partial charge in [0.1, 0.15) is 19.2 Å². The molecule has 1 atom stereocenters. The minimum atomic E-state index is -1.10. The Hall–Kier alpha value is -3.39. The van der Waals surface area contributed by atoms with Crippen molar-refractivity contribution in [2.75, 3.05) is 40.3 Å². The number of carboxylic acid groups (broad SMARTS) is 1. The van der Waals surface area contributed by atoms with E-state index in [1.54, 1.807) is 6.92 Å². The summed E-state index contributed by atoms with van der Waals surface area (Å²) in [5.74, 6) is -1.61. The zero-order chi connectivity index (χ0) is 24.0. The van der Waals surface area contributed by atoms with Gasteiger partial charge in [0.2, 0.25) is 5.91 Å². The highest BCUT2D eigenvalue weighted by Crippen LogP contribution is 2.44. The van der Waals surface area contributed by atoms with E-state index in [9.17, 15) is 19.5 Å². The smallest absolute Gasteiger partial charge is 0.407 e. The van der Waals surface area contributed by atoms with Crippen LogP contribution in [0.15, 0.2) is 48.5 Å². The molecule has 0 unspecified atom stereocenters. The summed E-state index contributed by atoms with van der Waals surface area (Å²) < 4.78 is 5.54. The third-order valence-corrected chi connectivity index (χ3v) is 5.80. The Labute approximate surface area is 194 Å². The molecule has 2 N–H and O–H groups in total. The summed E-state index contributed by atoms with van der Waals surface area (Å²) in [6, 6.07) is 15.2. The molecule has 2 aromatic carbocycles. The highest BCUT2D eigenvalue weighted by atomic mass is 16.5. The van der Waals surface area contributed by atoms with Crippen molar-refractivity contribution in [2.24, 2.45) is 0 Å². The van der Waals surface area contributed by atoms with Crippen LogP contribution in [-0.2, 0) is 14.3 Å². The third-order valence-electron chi connectivity index (χ3n) is 5.80. The van der Waals surface area contributed by atoms with Crippen molar-refractivity contribution in [1.82, 2.24) is 15.1 Å². The van der Waals surface area contributed by atoms with Crippen LogP contribution in [0.5, 0.6) is 0 Å². The zero-order valence-electron chi connectivity index (χ0n) is 19.3. The van der Waals surface area contributed by atoms with E-state index in [1.165, 1.54) is 4.90 Å². The highest BCUT2D eigenvalue weighted by molar-refractivity contribution is 5.88. The second-order valence-corrected chi connectivity index (χ2v) is 8.39. The van der Waals surface area contributed by atoms with E-state index in [-0.39, 0.29) is 19.1 Å². The molecule has 1 aliphatic carbocycles. The fourth-order valence-corrected chi connectivity index (χ4v) is 4.09. The maximum absolute atomic E-state index is 12.9. The number of carbonyl (C=O) groups is 3. The molecule has 0 aromatic heterocycles. The average molecular weight is 454 g/mol. The van der Waals surface area contributed by atoms with Crippen LogP contribution in [0.25, 0.3) is 11.1 Å². The second kappa shape index (κ2) is 11.0. The third kappa shape index (κ3) is 5.90. The van der Waals surface area contributed by atoms with Gasteiger partial charge in [-0.2, -0.15) is 0 Å². The van der Waals surface area contributed by atoms with Gasteiger partial charge in [-0.15, -0.1) is 0 Å². The van der Waals surface area contributed by atoms with E-state index in [0.29, 0.717) is 13.0 Å². The van der Waals surface area contributed by atoms with Crippen molar-refractivity contribution < 1.29 is 24.2 Å². The summed E-state index contributed by atoms with van der Waals surface area (Å²) in [7, 11) is 3.69. The van der Waals surface area contributed by atoms with Gasteiger partial charge in [0.15, 0.2) is 0 Å². The normalized spacial score (nSPS) is 13.2. The van der Waals surface area contributed by atoms with Crippen LogP contribution < -0.4 is 5.32 Å². The molecule has 33 heavy (non-hydrogen) atoms. The first-order valence-electron chi connectivity index (χ1n) is 11.1. The largest absolute Gasteiger partial charge is 0.480 e. The molecular formula is C25H31N3O5. The molecule has 0 bridgehead atoms. The average Bonchev–Trinajstić information content (AvgIpc) is 3.12. The quantitative estimate of drug-likeness (QED) is 0.574. The Kier molecular flexibility index (Phi) is 8.06. The first kappa shape index (κ1) is 24.3. The Morgan fingerprint density at radius 1 is 1.00 bits per heavy atom. The molecule has 176 valence electrons. The van der Waals surface area contributed by atoms with E-state index in [2.05, 4.69) is 17.4 Å². The zero-order valence-corrected chi connectivity index (χ0v) is 19.3. The Morgan fingerprint density at radius 2 is 1.58 bits per heavy atom. The lowest BCUT2D eigenvalue weighted by Crippen LogP contribution is -2.51.